The van der Waals surface area contributed by atoms with E-state index in [9.17, 15) is 4.79 Å². The maximum Gasteiger partial charge on any atom is 0.336 e. The predicted octanol–water partition coefficient (Wildman–Crippen LogP) is 5.16. The summed E-state index contributed by atoms with van der Waals surface area (Å²) in [6.07, 6.45) is 0. The number of hydrogen-bond donors (Lipinski definition) is 1. The number of benzene rings is 3. The molecule has 4 rings (SSSR count). The Morgan fingerprint density at radius 3 is 2.27 bits per heavy atom. The summed E-state index contributed by atoms with van der Waals surface area (Å²) >= 11 is 5.88. The number of rotatable bonds is 5. The lowest BCUT2D eigenvalue weighted by Gasteiger charge is -2.09. The fraction of sp³-hybridized carbons (Fsp3) is 0.0870. The molecule has 0 atom stereocenters. The van der Waals surface area contributed by atoms with E-state index in [1.54, 1.807) is 28.9 Å². The first-order valence-electron chi connectivity index (χ1n) is 9.29. The van der Waals surface area contributed by atoms with E-state index in [4.69, 9.17) is 16.3 Å². The highest BCUT2D eigenvalue weighted by atomic mass is 35.5. The minimum Gasteiger partial charge on any atom is -0.466 e. The first kappa shape index (κ1) is 19.7. The number of nitrogens with one attached hydrogen (secondary N) is 1. The molecule has 1 aromatic heterocycles. The zero-order valence-corrected chi connectivity index (χ0v) is 17.2. The lowest BCUT2D eigenvalue weighted by Crippen LogP contribution is -2.11. The van der Waals surface area contributed by atoms with E-state index in [1.807, 2.05) is 55.5 Å². The zero-order valence-electron chi connectivity index (χ0n) is 16.5. The fourth-order valence-corrected chi connectivity index (χ4v) is 3.07. The Morgan fingerprint density at radius 1 is 0.967 bits per heavy atom. The highest BCUT2D eigenvalue weighted by molar-refractivity contribution is 6.30. The minimum absolute atomic E-state index is 0.206. The van der Waals surface area contributed by atoms with E-state index in [1.165, 1.54) is 7.11 Å². The molecule has 0 spiro atoms. The van der Waals surface area contributed by atoms with Crippen LogP contribution in [0, 0.1) is 6.92 Å². The Kier molecular flexibility index (Phi) is 5.50. The minimum atomic E-state index is -0.206. The number of hydrogen-bond acceptors (Lipinski definition) is 4. The number of carbonyl (C=O) groups excluding carboxylic acids is 1. The van der Waals surface area contributed by atoms with Gasteiger partial charge in [0.25, 0.3) is 5.91 Å². The summed E-state index contributed by atoms with van der Waals surface area (Å²) in [4.78, 5) is 16.9. The molecule has 6 nitrogen and oxygen atoms in total. The number of nitrogens with zero attached hydrogens (tertiary/aromatic N) is 3. The van der Waals surface area contributed by atoms with Crippen LogP contribution in [0.25, 0.3) is 17.1 Å². The van der Waals surface area contributed by atoms with Crippen molar-refractivity contribution < 1.29 is 9.53 Å². The molecular weight excluding hydrogens is 400 g/mol. The summed E-state index contributed by atoms with van der Waals surface area (Å²) in [5.74, 6) is 0.465. The van der Waals surface area contributed by atoms with Crippen LogP contribution in [0.5, 0.6) is 6.01 Å². The number of methoxy groups -OCH3 is 1. The van der Waals surface area contributed by atoms with Gasteiger partial charge in [0.15, 0.2) is 5.82 Å². The average Bonchev–Trinajstić information content (AvgIpc) is 3.20. The summed E-state index contributed by atoms with van der Waals surface area (Å²) in [5, 5.41) is 7.89. The molecule has 30 heavy (non-hydrogen) atoms. The van der Waals surface area contributed by atoms with Gasteiger partial charge in [-0.05, 0) is 55.5 Å². The second-order valence-electron chi connectivity index (χ2n) is 6.71. The molecule has 0 aliphatic rings. The molecule has 0 fully saturated rings. The summed E-state index contributed by atoms with van der Waals surface area (Å²) < 4.78 is 6.94. The monoisotopic (exact) mass is 418 g/mol. The van der Waals surface area contributed by atoms with Gasteiger partial charge in [0.05, 0.1) is 12.8 Å². The predicted molar refractivity (Wildman–Crippen MR) is 117 cm³/mol. The van der Waals surface area contributed by atoms with Crippen LogP contribution in [0.2, 0.25) is 5.02 Å². The van der Waals surface area contributed by atoms with Gasteiger partial charge in [-0.3, -0.25) is 4.79 Å². The van der Waals surface area contributed by atoms with E-state index < -0.39 is 0 Å². The lowest BCUT2D eigenvalue weighted by molar-refractivity contribution is 0.102. The van der Waals surface area contributed by atoms with Crippen LogP contribution in [-0.2, 0) is 0 Å². The molecule has 0 unspecified atom stereocenters. The lowest BCUT2D eigenvalue weighted by atomic mass is 10.1. The van der Waals surface area contributed by atoms with E-state index in [0.29, 0.717) is 22.1 Å². The molecule has 4 aromatic rings. The Hall–Kier alpha value is -3.64. The highest BCUT2D eigenvalue weighted by Gasteiger charge is 2.14. The SMILES string of the molecule is COc1nc(-c2ccc(C)cc2)n(-c2ccc(NC(=O)c3ccc(Cl)cc3)cc2)n1. The van der Waals surface area contributed by atoms with Gasteiger partial charge in [0, 0.05) is 21.8 Å². The quantitative estimate of drug-likeness (QED) is 0.486. The molecular formula is C23H19ClN4O2. The van der Waals surface area contributed by atoms with Gasteiger partial charge in [0.1, 0.15) is 0 Å². The van der Waals surface area contributed by atoms with E-state index in [0.717, 1.165) is 16.8 Å². The third-order valence-electron chi connectivity index (χ3n) is 4.56. The van der Waals surface area contributed by atoms with Crippen LogP contribution in [0.15, 0.2) is 72.8 Å². The van der Waals surface area contributed by atoms with Gasteiger partial charge < -0.3 is 10.1 Å². The second kappa shape index (κ2) is 8.39. The maximum atomic E-state index is 12.4. The van der Waals surface area contributed by atoms with Gasteiger partial charge in [-0.2, -0.15) is 4.98 Å². The van der Waals surface area contributed by atoms with E-state index in [-0.39, 0.29) is 11.9 Å². The van der Waals surface area contributed by atoms with Gasteiger partial charge in [0.2, 0.25) is 0 Å². The van der Waals surface area contributed by atoms with Crippen molar-refractivity contribution in [2.24, 2.45) is 0 Å². The third kappa shape index (κ3) is 4.18. The van der Waals surface area contributed by atoms with Gasteiger partial charge in [-0.25, -0.2) is 4.68 Å². The Labute approximate surface area is 179 Å². The van der Waals surface area contributed by atoms with Crippen molar-refractivity contribution in [3.63, 3.8) is 0 Å². The topological polar surface area (TPSA) is 69.0 Å². The summed E-state index contributed by atoms with van der Waals surface area (Å²) in [6, 6.07) is 22.4. The van der Waals surface area contributed by atoms with Crippen molar-refractivity contribution in [1.82, 2.24) is 14.8 Å². The molecule has 0 saturated carbocycles. The standard InChI is InChI=1S/C23H19ClN4O2/c1-15-3-5-16(6-4-15)21-26-23(30-2)27-28(21)20-13-11-19(12-14-20)25-22(29)17-7-9-18(24)10-8-17/h3-14H,1-2H3,(H,25,29). The van der Waals surface area contributed by atoms with E-state index >= 15 is 0 Å². The number of anilines is 1. The molecule has 1 amide bonds. The van der Waals surface area contributed by atoms with Crippen molar-refractivity contribution in [3.05, 3.63) is 88.9 Å². The highest BCUT2D eigenvalue weighted by Crippen LogP contribution is 2.25. The molecule has 0 aliphatic heterocycles. The van der Waals surface area contributed by atoms with Crippen LogP contribution in [-0.4, -0.2) is 27.8 Å². The third-order valence-corrected chi connectivity index (χ3v) is 4.81. The smallest absolute Gasteiger partial charge is 0.336 e. The first-order chi connectivity index (χ1) is 14.5. The number of aromatic nitrogens is 3. The maximum absolute atomic E-state index is 12.4. The fourth-order valence-electron chi connectivity index (χ4n) is 2.94. The number of halogens is 1. The molecule has 150 valence electrons. The van der Waals surface area contributed by atoms with Crippen molar-refractivity contribution in [1.29, 1.82) is 0 Å². The Morgan fingerprint density at radius 2 is 1.63 bits per heavy atom. The molecule has 0 aliphatic carbocycles. The number of carbonyl (C=O) groups is 1. The normalized spacial score (nSPS) is 10.6. The van der Waals surface area contributed by atoms with E-state index in [2.05, 4.69) is 15.4 Å². The van der Waals surface area contributed by atoms with Crippen molar-refractivity contribution in [2.45, 2.75) is 6.92 Å². The van der Waals surface area contributed by atoms with Crippen LogP contribution in [0.3, 0.4) is 0 Å². The second-order valence-corrected chi connectivity index (χ2v) is 7.14. The summed E-state index contributed by atoms with van der Waals surface area (Å²) in [5.41, 5.74) is 4.09. The number of amides is 1. The zero-order chi connectivity index (χ0) is 21.1. The molecule has 1 N–H and O–H groups in total. The average molecular weight is 419 g/mol. The molecule has 1 heterocycles. The number of aryl methyl sites for hydroxylation is 1. The molecule has 0 saturated heterocycles. The number of ether oxygens (including phenoxy) is 1. The van der Waals surface area contributed by atoms with Crippen LogP contribution in [0.1, 0.15) is 15.9 Å². The molecule has 7 heteroatoms. The molecule has 0 radical (unpaired) electrons. The molecule has 0 bridgehead atoms. The Bertz CT molecular complexity index is 1170. The van der Waals surface area contributed by atoms with Crippen molar-refractivity contribution in [2.75, 3.05) is 12.4 Å². The van der Waals surface area contributed by atoms with Crippen LogP contribution < -0.4 is 10.1 Å². The summed E-state index contributed by atoms with van der Waals surface area (Å²) in [6.45, 7) is 2.03. The van der Waals surface area contributed by atoms with Gasteiger partial charge in [-0.1, -0.05) is 41.4 Å². The summed E-state index contributed by atoms with van der Waals surface area (Å²) in [7, 11) is 1.54. The largest absolute Gasteiger partial charge is 0.466 e. The van der Waals surface area contributed by atoms with Crippen LogP contribution >= 0.6 is 11.6 Å². The van der Waals surface area contributed by atoms with Gasteiger partial charge >= 0.3 is 6.01 Å². The van der Waals surface area contributed by atoms with Crippen molar-refractivity contribution in [3.8, 4) is 23.1 Å². The van der Waals surface area contributed by atoms with Crippen LogP contribution in [0.4, 0.5) is 5.69 Å². The molecule has 3 aromatic carbocycles. The van der Waals surface area contributed by atoms with Gasteiger partial charge in [-0.15, -0.1) is 5.10 Å². The van der Waals surface area contributed by atoms with Crippen molar-refractivity contribution >= 4 is 23.2 Å². The Balaban J connectivity index is 1.59. The first-order valence-corrected chi connectivity index (χ1v) is 9.67.